The molecule has 1 unspecified atom stereocenters. The third-order valence-corrected chi connectivity index (χ3v) is 6.56. The van der Waals surface area contributed by atoms with E-state index in [1.54, 1.807) is 23.2 Å². The van der Waals surface area contributed by atoms with Gasteiger partial charge in [0, 0.05) is 37.7 Å². The Morgan fingerprint density at radius 3 is 2.34 bits per heavy atom. The van der Waals surface area contributed by atoms with E-state index in [9.17, 15) is 13.9 Å². The number of hydrogen-bond acceptors (Lipinski definition) is 4. The maximum absolute atomic E-state index is 13.7. The highest BCUT2D eigenvalue weighted by molar-refractivity contribution is 5.49. The van der Waals surface area contributed by atoms with E-state index in [4.69, 9.17) is 0 Å². The number of halogens is 2. The van der Waals surface area contributed by atoms with Gasteiger partial charge in [-0.25, -0.2) is 13.8 Å². The van der Waals surface area contributed by atoms with Crippen LogP contribution < -0.4 is 10.2 Å². The Morgan fingerprint density at radius 1 is 1.14 bits per heavy atom. The molecule has 2 aromatic rings. The average molecular weight is 402 g/mol. The van der Waals surface area contributed by atoms with Gasteiger partial charge in [0.15, 0.2) is 0 Å². The second kappa shape index (κ2) is 7.03. The number of alkyl halides is 2. The van der Waals surface area contributed by atoms with Crippen LogP contribution in [0.25, 0.3) is 0 Å². The highest BCUT2D eigenvalue weighted by Gasteiger charge is 2.53. The van der Waals surface area contributed by atoms with Gasteiger partial charge in [0.2, 0.25) is 0 Å². The predicted octanol–water partition coefficient (Wildman–Crippen LogP) is 3.90. The molecule has 2 N–H and O–H groups in total. The van der Waals surface area contributed by atoms with Crippen molar-refractivity contribution in [1.82, 2.24) is 10.3 Å². The standard InChI is InChI=1S/C23H29F2N3O/c1-16(2)17-4-6-18(7-5-17)23(29,21(3)13-26-14-21)19-8-10-27-20(12-19)28-11-9-22(24,25)15-28/h4-8,10,12,16,26,29H,9,11,13-15H2,1-3H3. The SMILES string of the molecule is CC(C)c1ccc(C(O)(c2ccnc(N3CCC(F)(F)C3)c2)C2(C)CNC2)cc1. The van der Waals surface area contributed by atoms with Crippen LogP contribution in [0.15, 0.2) is 42.6 Å². The summed E-state index contributed by atoms with van der Waals surface area (Å²) in [4.78, 5) is 5.93. The molecule has 4 rings (SSSR count). The number of hydrogen-bond donors (Lipinski definition) is 2. The van der Waals surface area contributed by atoms with Crippen molar-refractivity contribution in [3.63, 3.8) is 0 Å². The molecular formula is C23H29F2N3O. The van der Waals surface area contributed by atoms with Crippen LogP contribution in [0.5, 0.6) is 0 Å². The molecule has 3 heterocycles. The molecule has 1 aromatic carbocycles. The highest BCUT2D eigenvalue weighted by Crippen LogP contribution is 2.48. The minimum atomic E-state index is -2.69. The summed E-state index contributed by atoms with van der Waals surface area (Å²) in [6.07, 6.45) is 1.45. The number of anilines is 1. The Bertz CT molecular complexity index is 880. The van der Waals surface area contributed by atoms with Crippen molar-refractivity contribution in [3.05, 3.63) is 59.3 Å². The summed E-state index contributed by atoms with van der Waals surface area (Å²) >= 11 is 0. The first-order chi connectivity index (χ1) is 13.6. The van der Waals surface area contributed by atoms with Crippen LogP contribution in [0.2, 0.25) is 0 Å². The molecule has 2 aliphatic rings. The summed E-state index contributed by atoms with van der Waals surface area (Å²) in [6.45, 7) is 7.62. The molecule has 2 fully saturated rings. The predicted molar refractivity (Wildman–Crippen MR) is 111 cm³/mol. The van der Waals surface area contributed by atoms with Gasteiger partial charge in [-0.3, -0.25) is 0 Å². The van der Waals surface area contributed by atoms with Crippen LogP contribution >= 0.6 is 0 Å². The fraction of sp³-hybridized carbons (Fsp3) is 0.522. The lowest BCUT2D eigenvalue weighted by atomic mass is 9.62. The fourth-order valence-electron chi connectivity index (χ4n) is 4.48. The number of aromatic nitrogens is 1. The Kier molecular flexibility index (Phi) is 4.90. The van der Waals surface area contributed by atoms with Crippen molar-refractivity contribution in [2.75, 3.05) is 31.1 Å². The first-order valence-corrected chi connectivity index (χ1v) is 10.3. The molecule has 29 heavy (non-hydrogen) atoms. The Labute approximate surface area is 171 Å². The molecule has 1 aromatic heterocycles. The second-order valence-electron chi connectivity index (χ2n) is 9.08. The largest absolute Gasteiger partial charge is 0.380 e. The van der Waals surface area contributed by atoms with Crippen molar-refractivity contribution in [1.29, 1.82) is 0 Å². The Morgan fingerprint density at radius 2 is 1.83 bits per heavy atom. The molecule has 0 aliphatic carbocycles. The van der Waals surface area contributed by atoms with Gasteiger partial charge in [0.1, 0.15) is 11.4 Å². The molecule has 6 heteroatoms. The van der Waals surface area contributed by atoms with Gasteiger partial charge in [-0.15, -0.1) is 0 Å². The lowest BCUT2D eigenvalue weighted by Crippen LogP contribution is -2.63. The molecule has 0 amide bonds. The Balaban J connectivity index is 1.76. The van der Waals surface area contributed by atoms with E-state index in [1.807, 2.05) is 12.1 Å². The summed E-state index contributed by atoms with van der Waals surface area (Å²) in [7, 11) is 0. The van der Waals surface area contributed by atoms with Crippen molar-refractivity contribution in [3.8, 4) is 0 Å². The van der Waals surface area contributed by atoms with Crippen molar-refractivity contribution in [2.24, 2.45) is 5.41 Å². The lowest BCUT2D eigenvalue weighted by Gasteiger charge is -2.52. The van der Waals surface area contributed by atoms with Crippen molar-refractivity contribution in [2.45, 2.75) is 44.6 Å². The van der Waals surface area contributed by atoms with Crippen molar-refractivity contribution < 1.29 is 13.9 Å². The van der Waals surface area contributed by atoms with E-state index in [-0.39, 0.29) is 19.5 Å². The molecule has 4 nitrogen and oxygen atoms in total. The zero-order chi connectivity index (χ0) is 20.9. The number of aliphatic hydroxyl groups is 1. The van der Waals surface area contributed by atoms with Gasteiger partial charge < -0.3 is 15.3 Å². The zero-order valence-corrected chi connectivity index (χ0v) is 17.3. The number of pyridine rings is 1. The third kappa shape index (κ3) is 3.42. The maximum atomic E-state index is 13.7. The first-order valence-electron chi connectivity index (χ1n) is 10.3. The Hall–Kier alpha value is -2.05. The molecule has 0 bridgehead atoms. The number of benzene rings is 1. The number of rotatable bonds is 5. The van der Waals surface area contributed by atoms with Crippen LogP contribution in [0, 0.1) is 5.41 Å². The van der Waals surface area contributed by atoms with E-state index >= 15 is 0 Å². The van der Waals surface area contributed by atoms with Crippen molar-refractivity contribution >= 4 is 5.82 Å². The van der Waals surface area contributed by atoms with E-state index < -0.39 is 16.9 Å². The maximum Gasteiger partial charge on any atom is 0.266 e. The van der Waals surface area contributed by atoms with E-state index in [2.05, 4.69) is 43.2 Å². The van der Waals surface area contributed by atoms with Gasteiger partial charge in [0.05, 0.1) is 6.54 Å². The van der Waals surface area contributed by atoms with Crippen LogP contribution in [-0.4, -0.2) is 42.2 Å². The van der Waals surface area contributed by atoms with Gasteiger partial charge >= 0.3 is 0 Å². The molecule has 1 atom stereocenters. The molecule has 156 valence electrons. The summed E-state index contributed by atoms with van der Waals surface area (Å²) in [5, 5.41) is 15.4. The number of nitrogens with one attached hydrogen (secondary N) is 1. The van der Waals surface area contributed by atoms with Crippen LogP contribution in [0.3, 0.4) is 0 Å². The van der Waals surface area contributed by atoms with E-state index in [1.165, 1.54) is 5.56 Å². The minimum Gasteiger partial charge on any atom is -0.380 e. The molecule has 0 radical (unpaired) electrons. The smallest absolute Gasteiger partial charge is 0.266 e. The van der Waals surface area contributed by atoms with Crippen LogP contribution in [-0.2, 0) is 5.60 Å². The zero-order valence-electron chi connectivity index (χ0n) is 17.3. The molecular weight excluding hydrogens is 372 g/mol. The van der Waals surface area contributed by atoms with Gasteiger partial charge in [-0.05, 0) is 34.7 Å². The fourth-order valence-corrected chi connectivity index (χ4v) is 4.48. The molecule has 0 saturated carbocycles. The minimum absolute atomic E-state index is 0.165. The topological polar surface area (TPSA) is 48.4 Å². The highest BCUT2D eigenvalue weighted by atomic mass is 19.3. The third-order valence-electron chi connectivity index (χ3n) is 6.56. The monoisotopic (exact) mass is 401 g/mol. The number of nitrogens with zero attached hydrogens (tertiary/aromatic N) is 2. The second-order valence-corrected chi connectivity index (χ2v) is 9.08. The summed E-state index contributed by atoms with van der Waals surface area (Å²) in [5.74, 6) is -1.79. The lowest BCUT2D eigenvalue weighted by molar-refractivity contribution is -0.0767. The van der Waals surface area contributed by atoms with Crippen LogP contribution in [0.1, 0.15) is 49.8 Å². The van der Waals surface area contributed by atoms with Crippen LogP contribution in [0.4, 0.5) is 14.6 Å². The summed E-state index contributed by atoms with van der Waals surface area (Å²) in [5.41, 5.74) is 1.07. The van der Waals surface area contributed by atoms with E-state index in [0.717, 1.165) is 5.56 Å². The molecule has 2 aliphatic heterocycles. The molecule has 2 saturated heterocycles. The summed E-state index contributed by atoms with van der Waals surface area (Å²) in [6, 6.07) is 11.7. The molecule has 0 spiro atoms. The first kappa shape index (κ1) is 20.2. The quantitative estimate of drug-likeness (QED) is 0.798. The normalized spacial score (nSPS) is 22.4. The van der Waals surface area contributed by atoms with Gasteiger partial charge in [0.25, 0.3) is 5.92 Å². The average Bonchev–Trinajstić information content (AvgIpc) is 3.05. The van der Waals surface area contributed by atoms with E-state index in [0.29, 0.717) is 30.4 Å². The van der Waals surface area contributed by atoms with Gasteiger partial charge in [-0.2, -0.15) is 0 Å². The van der Waals surface area contributed by atoms with Gasteiger partial charge in [-0.1, -0.05) is 45.0 Å². The summed E-state index contributed by atoms with van der Waals surface area (Å²) < 4.78 is 27.4.